The SMILES string of the molecule is CSC1(CNS(=O)(=O)c2ccc(C(=O)O)cn2)CCCC1. The van der Waals surface area contributed by atoms with E-state index >= 15 is 0 Å². The Bertz CT molecular complexity index is 608. The minimum atomic E-state index is -3.71. The molecule has 116 valence electrons. The molecule has 0 aromatic carbocycles. The molecule has 1 heterocycles. The number of carboxylic acid groups (broad SMARTS) is 1. The monoisotopic (exact) mass is 330 g/mol. The Balaban J connectivity index is 2.09. The van der Waals surface area contributed by atoms with E-state index in [1.54, 1.807) is 11.8 Å². The topological polar surface area (TPSA) is 96.4 Å². The van der Waals surface area contributed by atoms with Gasteiger partial charge in [-0.3, -0.25) is 0 Å². The summed E-state index contributed by atoms with van der Waals surface area (Å²) in [6.45, 7) is 0.374. The van der Waals surface area contributed by atoms with Crippen LogP contribution in [0.1, 0.15) is 36.0 Å². The number of hydrogen-bond donors (Lipinski definition) is 2. The van der Waals surface area contributed by atoms with Crippen LogP contribution in [0.15, 0.2) is 23.4 Å². The molecular weight excluding hydrogens is 312 g/mol. The normalized spacial score (nSPS) is 17.8. The molecule has 0 saturated heterocycles. The number of nitrogens with one attached hydrogen (secondary N) is 1. The fraction of sp³-hybridized carbons (Fsp3) is 0.538. The molecule has 1 aromatic rings. The van der Waals surface area contributed by atoms with Gasteiger partial charge in [0.2, 0.25) is 0 Å². The van der Waals surface area contributed by atoms with Crippen LogP contribution in [0.25, 0.3) is 0 Å². The van der Waals surface area contributed by atoms with Crippen LogP contribution in [0.5, 0.6) is 0 Å². The maximum Gasteiger partial charge on any atom is 0.337 e. The largest absolute Gasteiger partial charge is 0.478 e. The summed E-state index contributed by atoms with van der Waals surface area (Å²) in [5.41, 5.74) is -0.0367. The molecule has 1 aromatic heterocycles. The number of carbonyl (C=O) groups is 1. The third kappa shape index (κ3) is 3.75. The number of thioether (sulfide) groups is 1. The van der Waals surface area contributed by atoms with Gasteiger partial charge < -0.3 is 5.11 Å². The highest BCUT2D eigenvalue weighted by Crippen LogP contribution is 2.39. The van der Waals surface area contributed by atoms with Crippen LogP contribution < -0.4 is 4.72 Å². The third-order valence-corrected chi connectivity index (χ3v) is 6.53. The molecule has 6 nitrogen and oxygen atoms in total. The van der Waals surface area contributed by atoms with Gasteiger partial charge in [0.05, 0.1) is 5.56 Å². The van der Waals surface area contributed by atoms with E-state index in [1.165, 1.54) is 12.1 Å². The van der Waals surface area contributed by atoms with Crippen LogP contribution in [-0.2, 0) is 10.0 Å². The van der Waals surface area contributed by atoms with Crippen LogP contribution in [-0.4, -0.2) is 42.0 Å². The van der Waals surface area contributed by atoms with Crippen molar-refractivity contribution >= 4 is 27.8 Å². The third-order valence-electron chi connectivity index (χ3n) is 3.79. The van der Waals surface area contributed by atoms with Crippen molar-refractivity contribution in [2.24, 2.45) is 0 Å². The Labute approximate surface area is 128 Å². The first-order chi connectivity index (χ1) is 9.88. The standard InChI is InChI=1S/C13H18N2O4S2/c1-20-13(6-2-3-7-13)9-15-21(18,19)11-5-4-10(8-14-11)12(16)17/h4-5,8,15H,2-3,6-7,9H2,1H3,(H,16,17). The van der Waals surface area contributed by atoms with E-state index in [4.69, 9.17) is 5.11 Å². The Hall–Kier alpha value is -1.12. The van der Waals surface area contributed by atoms with Crippen molar-refractivity contribution in [1.29, 1.82) is 0 Å². The first-order valence-electron chi connectivity index (χ1n) is 6.63. The second-order valence-electron chi connectivity index (χ2n) is 5.11. The Morgan fingerprint density at radius 2 is 2.10 bits per heavy atom. The van der Waals surface area contributed by atoms with E-state index in [1.807, 2.05) is 6.26 Å². The van der Waals surface area contributed by atoms with E-state index in [-0.39, 0.29) is 15.3 Å². The van der Waals surface area contributed by atoms with Gasteiger partial charge in [-0.1, -0.05) is 12.8 Å². The Morgan fingerprint density at radius 3 is 2.57 bits per heavy atom. The van der Waals surface area contributed by atoms with Crippen molar-refractivity contribution in [2.45, 2.75) is 35.5 Å². The molecule has 1 aliphatic rings. The maximum atomic E-state index is 12.2. The number of aromatic carboxylic acids is 1. The molecule has 0 atom stereocenters. The van der Waals surface area contributed by atoms with Gasteiger partial charge in [0.15, 0.2) is 5.03 Å². The molecule has 2 rings (SSSR count). The molecule has 1 aliphatic carbocycles. The highest BCUT2D eigenvalue weighted by Gasteiger charge is 2.34. The highest BCUT2D eigenvalue weighted by atomic mass is 32.2. The first kappa shape index (κ1) is 16.3. The minimum Gasteiger partial charge on any atom is -0.478 e. The molecule has 0 spiro atoms. The number of pyridine rings is 1. The summed E-state index contributed by atoms with van der Waals surface area (Å²) in [4.78, 5) is 14.5. The number of sulfonamides is 1. The van der Waals surface area contributed by atoms with Gasteiger partial charge in [0.25, 0.3) is 10.0 Å². The van der Waals surface area contributed by atoms with Gasteiger partial charge >= 0.3 is 5.97 Å². The maximum absolute atomic E-state index is 12.2. The number of aromatic nitrogens is 1. The van der Waals surface area contributed by atoms with Gasteiger partial charge in [-0.25, -0.2) is 22.9 Å². The zero-order valence-corrected chi connectivity index (χ0v) is 13.3. The van der Waals surface area contributed by atoms with Crippen molar-refractivity contribution in [3.63, 3.8) is 0 Å². The molecule has 8 heteroatoms. The van der Waals surface area contributed by atoms with Crippen LogP contribution in [0.3, 0.4) is 0 Å². The lowest BCUT2D eigenvalue weighted by atomic mass is 10.1. The molecule has 0 amide bonds. The predicted octanol–water partition coefficient (Wildman–Crippen LogP) is 1.73. The van der Waals surface area contributed by atoms with Crippen molar-refractivity contribution in [3.05, 3.63) is 23.9 Å². The zero-order chi connectivity index (χ0) is 15.5. The molecule has 2 N–H and O–H groups in total. The van der Waals surface area contributed by atoms with Crippen LogP contribution in [0.2, 0.25) is 0 Å². The lowest BCUT2D eigenvalue weighted by molar-refractivity contribution is 0.0696. The summed E-state index contributed by atoms with van der Waals surface area (Å²) in [5, 5.41) is 8.63. The van der Waals surface area contributed by atoms with Crippen molar-refractivity contribution in [1.82, 2.24) is 9.71 Å². The van der Waals surface area contributed by atoms with Gasteiger partial charge in [0, 0.05) is 17.5 Å². The number of rotatable bonds is 6. The fourth-order valence-corrected chi connectivity index (χ4v) is 4.50. The highest BCUT2D eigenvalue weighted by molar-refractivity contribution is 8.00. The molecule has 1 fully saturated rings. The van der Waals surface area contributed by atoms with Crippen molar-refractivity contribution < 1.29 is 18.3 Å². The minimum absolute atomic E-state index is 0.0337. The van der Waals surface area contributed by atoms with Crippen LogP contribution in [0.4, 0.5) is 0 Å². The van der Waals surface area contributed by atoms with Crippen molar-refractivity contribution in [3.8, 4) is 0 Å². The summed E-state index contributed by atoms with van der Waals surface area (Å²) in [7, 11) is -3.71. The van der Waals surface area contributed by atoms with E-state index in [0.29, 0.717) is 6.54 Å². The molecular formula is C13H18N2O4S2. The summed E-state index contributed by atoms with van der Waals surface area (Å²) < 4.78 is 27.0. The quantitative estimate of drug-likeness (QED) is 0.824. The fourth-order valence-electron chi connectivity index (χ4n) is 2.44. The average Bonchev–Trinajstić information content (AvgIpc) is 2.95. The summed E-state index contributed by atoms with van der Waals surface area (Å²) in [6, 6.07) is 2.45. The number of hydrogen-bond acceptors (Lipinski definition) is 5. The van der Waals surface area contributed by atoms with Crippen molar-refractivity contribution in [2.75, 3.05) is 12.8 Å². The lowest BCUT2D eigenvalue weighted by Crippen LogP contribution is -2.38. The van der Waals surface area contributed by atoms with Gasteiger partial charge in [-0.2, -0.15) is 11.8 Å². The average molecular weight is 330 g/mol. The predicted molar refractivity (Wildman–Crippen MR) is 81.1 cm³/mol. The molecule has 1 saturated carbocycles. The van der Waals surface area contributed by atoms with Gasteiger partial charge in [-0.15, -0.1) is 0 Å². The lowest BCUT2D eigenvalue weighted by Gasteiger charge is -2.26. The summed E-state index contributed by atoms with van der Waals surface area (Å²) in [5.74, 6) is -1.13. The van der Waals surface area contributed by atoms with Gasteiger partial charge in [0.1, 0.15) is 0 Å². The second-order valence-corrected chi connectivity index (χ2v) is 8.10. The Kier molecular flexibility index (Phi) is 4.90. The van der Waals surface area contributed by atoms with E-state index in [9.17, 15) is 13.2 Å². The number of nitrogens with zero attached hydrogens (tertiary/aromatic N) is 1. The van der Waals surface area contributed by atoms with Gasteiger partial charge in [-0.05, 0) is 31.2 Å². The second kappa shape index (κ2) is 6.33. The van der Waals surface area contributed by atoms with Crippen LogP contribution in [0, 0.1) is 0 Å². The summed E-state index contributed by atoms with van der Waals surface area (Å²) >= 11 is 1.70. The molecule has 21 heavy (non-hydrogen) atoms. The smallest absolute Gasteiger partial charge is 0.337 e. The number of carboxylic acids is 1. The molecule has 0 unspecified atom stereocenters. The van der Waals surface area contributed by atoms with Crippen LogP contribution >= 0.6 is 11.8 Å². The summed E-state index contributed by atoms with van der Waals surface area (Å²) in [6.07, 6.45) is 7.29. The Morgan fingerprint density at radius 1 is 1.43 bits per heavy atom. The molecule has 0 radical (unpaired) electrons. The zero-order valence-electron chi connectivity index (χ0n) is 11.7. The van der Waals surface area contributed by atoms with E-state index < -0.39 is 16.0 Å². The molecule has 0 bridgehead atoms. The first-order valence-corrected chi connectivity index (χ1v) is 9.33. The molecule has 0 aliphatic heterocycles. The van der Waals surface area contributed by atoms with E-state index in [2.05, 4.69) is 9.71 Å². The van der Waals surface area contributed by atoms with E-state index in [0.717, 1.165) is 31.9 Å².